The number of likely N-dealkylation sites (tertiary alicyclic amines) is 2. The van der Waals surface area contributed by atoms with Gasteiger partial charge < -0.3 is 26.0 Å². The molecule has 0 bridgehead atoms. The van der Waals surface area contributed by atoms with E-state index in [1.165, 1.54) is 11.8 Å². The first kappa shape index (κ1) is 27.3. The summed E-state index contributed by atoms with van der Waals surface area (Å²) in [5, 5.41) is 13.1. The predicted octanol–water partition coefficient (Wildman–Crippen LogP) is 1.62. The number of rotatable bonds is 7. The van der Waals surface area contributed by atoms with Gasteiger partial charge in [0.2, 0.25) is 23.6 Å². The van der Waals surface area contributed by atoms with Gasteiger partial charge in [-0.1, -0.05) is 67.4 Å². The molecule has 0 radical (unpaired) electrons. The molecule has 38 heavy (non-hydrogen) atoms. The summed E-state index contributed by atoms with van der Waals surface area (Å²) >= 11 is 0. The minimum atomic E-state index is -0.980. The minimum Gasteiger partial charge on any atom is -0.391 e. The second kappa shape index (κ2) is 12.2. The molecular formula is C29H36N4O5. The van der Waals surface area contributed by atoms with Crippen LogP contribution in [0.4, 0.5) is 0 Å². The number of aliphatic hydroxyl groups excluding tert-OH is 1. The van der Waals surface area contributed by atoms with Crippen LogP contribution in [0.15, 0.2) is 54.6 Å². The quantitative estimate of drug-likeness (QED) is 0.510. The van der Waals surface area contributed by atoms with Crippen molar-refractivity contribution in [3.8, 4) is 11.1 Å². The van der Waals surface area contributed by atoms with Crippen LogP contribution < -0.4 is 11.1 Å². The SMILES string of the molecule is CC(=O)N1CCCCC[C@H]1C(=O)N1C[C@H](O)C[C@H]1C(=O)N[C@H](Cc1ccc(-c2ccccc2)cc1)C(N)=O. The molecule has 2 aromatic carbocycles. The van der Waals surface area contributed by atoms with Gasteiger partial charge >= 0.3 is 0 Å². The number of nitrogens with one attached hydrogen (secondary N) is 1. The molecule has 0 aliphatic carbocycles. The number of hydrogen-bond donors (Lipinski definition) is 3. The van der Waals surface area contributed by atoms with E-state index < -0.39 is 36.0 Å². The van der Waals surface area contributed by atoms with Crippen molar-refractivity contribution in [3.63, 3.8) is 0 Å². The maximum Gasteiger partial charge on any atom is 0.246 e. The fraction of sp³-hybridized carbons (Fsp3) is 0.448. The second-order valence-corrected chi connectivity index (χ2v) is 10.2. The summed E-state index contributed by atoms with van der Waals surface area (Å²) in [7, 11) is 0. The number of nitrogens with two attached hydrogens (primary N) is 1. The summed E-state index contributed by atoms with van der Waals surface area (Å²) < 4.78 is 0. The van der Waals surface area contributed by atoms with Gasteiger partial charge in [-0.25, -0.2) is 0 Å². The van der Waals surface area contributed by atoms with Crippen molar-refractivity contribution in [2.75, 3.05) is 13.1 Å². The molecular weight excluding hydrogens is 484 g/mol. The highest BCUT2D eigenvalue weighted by molar-refractivity contribution is 5.94. The summed E-state index contributed by atoms with van der Waals surface area (Å²) in [6.07, 6.45) is 2.45. The van der Waals surface area contributed by atoms with Crippen molar-refractivity contribution in [2.45, 2.75) is 69.7 Å². The van der Waals surface area contributed by atoms with Crippen LogP contribution in [0.3, 0.4) is 0 Å². The molecule has 4 atom stereocenters. The summed E-state index contributed by atoms with van der Waals surface area (Å²) in [5.74, 6) is -1.75. The summed E-state index contributed by atoms with van der Waals surface area (Å²) in [4.78, 5) is 54.3. The lowest BCUT2D eigenvalue weighted by atomic mass is 10.00. The molecule has 2 aliphatic rings. The average Bonchev–Trinajstić information content (AvgIpc) is 3.13. The van der Waals surface area contributed by atoms with Gasteiger partial charge in [0.15, 0.2) is 0 Å². The summed E-state index contributed by atoms with van der Waals surface area (Å²) in [6.45, 7) is 1.94. The topological polar surface area (TPSA) is 133 Å². The zero-order valence-corrected chi connectivity index (χ0v) is 21.7. The van der Waals surface area contributed by atoms with E-state index in [9.17, 15) is 24.3 Å². The summed E-state index contributed by atoms with van der Waals surface area (Å²) in [6, 6.07) is 15.0. The van der Waals surface area contributed by atoms with Crippen LogP contribution in [-0.4, -0.2) is 75.9 Å². The standard InChI is InChI=1S/C29H36N4O5/c1-19(34)32-15-7-3-6-10-25(32)29(38)33-18-23(35)17-26(33)28(37)31-24(27(30)36)16-20-11-13-22(14-12-20)21-8-4-2-5-9-21/h2,4-5,8-9,11-14,23-26,35H,3,6-7,10,15-18H2,1H3,(H2,30,36)(H,31,37)/t23-,24-,25+,26+/m1/s1. The fourth-order valence-electron chi connectivity index (χ4n) is 5.43. The number of carbonyl (C=O) groups is 4. The van der Waals surface area contributed by atoms with Gasteiger partial charge in [-0.05, 0) is 29.5 Å². The smallest absolute Gasteiger partial charge is 0.246 e. The maximum atomic E-state index is 13.5. The maximum absolute atomic E-state index is 13.5. The number of hydrogen-bond acceptors (Lipinski definition) is 5. The highest BCUT2D eigenvalue weighted by atomic mass is 16.3. The van der Waals surface area contributed by atoms with Crippen molar-refractivity contribution in [3.05, 3.63) is 60.2 Å². The normalized spacial score (nSPS) is 22.4. The van der Waals surface area contributed by atoms with Crippen molar-refractivity contribution in [2.24, 2.45) is 5.73 Å². The molecule has 2 aliphatic heterocycles. The molecule has 2 saturated heterocycles. The van der Waals surface area contributed by atoms with E-state index in [4.69, 9.17) is 5.73 Å². The molecule has 9 nitrogen and oxygen atoms in total. The Bertz CT molecular complexity index is 1150. The highest BCUT2D eigenvalue weighted by Crippen LogP contribution is 2.25. The number of amides is 4. The molecule has 0 saturated carbocycles. The van der Waals surface area contributed by atoms with E-state index in [0.717, 1.165) is 36.0 Å². The van der Waals surface area contributed by atoms with Crippen molar-refractivity contribution < 1.29 is 24.3 Å². The van der Waals surface area contributed by atoms with Crippen LogP contribution in [0.1, 0.15) is 44.6 Å². The predicted molar refractivity (Wildman–Crippen MR) is 142 cm³/mol. The Balaban J connectivity index is 1.45. The number of benzene rings is 2. The molecule has 4 N–H and O–H groups in total. The van der Waals surface area contributed by atoms with Crippen molar-refractivity contribution >= 4 is 23.6 Å². The molecule has 202 valence electrons. The van der Waals surface area contributed by atoms with Gasteiger partial charge in [-0.15, -0.1) is 0 Å². The van der Waals surface area contributed by atoms with Gasteiger partial charge in [0, 0.05) is 32.9 Å². The van der Waals surface area contributed by atoms with E-state index in [2.05, 4.69) is 5.32 Å². The van der Waals surface area contributed by atoms with Crippen LogP contribution >= 0.6 is 0 Å². The van der Waals surface area contributed by atoms with Gasteiger partial charge in [0.05, 0.1) is 6.10 Å². The fourth-order valence-corrected chi connectivity index (χ4v) is 5.43. The van der Waals surface area contributed by atoms with Gasteiger partial charge in [0.1, 0.15) is 18.1 Å². The first-order chi connectivity index (χ1) is 18.2. The Labute approximate surface area is 223 Å². The van der Waals surface area contributed by atoms with E-state index in [1.54, 1.807) is 4.90 Å². The third-order valence-corrected chi connectivity index (χ3v) is 7.47. The van der Waals surface area contributed by atoms with Crippen LogP contribution in [0.2, 0.25) is 0 Å². The molecule has 2 heterocycles. The van der Waals surface area contributed by atoms with Crippen molar-refractivity contribution in [1.29, 1.82) is 0 Å². The number of carbonyl (C=O) groups excluding carboxylic acids is 4. The third-order valence-electron chi connectivity index (χ3n) is 7.47. The zero-order chi connectivity index (χ0) is 27.2. The largest absolute Gasteiger partial charge is 0.391 e. The van der Waals surface area contributed by atoms with E-state index in [0.29, 0.717) is 13.0 Å². The first-order valence-electron chi connectivity index (χ1n) is 13.2. The molecule has 9 heteroatoms. The molecule has 4 amide bonds. The van der Waals surface area contributed by atoms with Crippen LogP contribution in [0, 0.1) is 0 Å². The monoisotopic (exact) mass is 520 g/mol. The number of β-amino-alcohol motifs (C(OH)–C–C–N with tert-alkyl or cyclic N) is 1. The molecule has 0 aromatic heterocycles. The number of nitrogens with zero attached hydrogens (tertiary/aromatic N) is 2. The Morgan fingerprint density at radius 3 is 2.29 bits per heavy atom. The van der Waals surface area contributed by atoms with Gasteiger partial charge in [0.25, 0.3) is 0 Å². The molecule has 2 aromatic rings. The second-order valence-electron chi connectivity index (χ2n) is 10.2. The third kappa shape index (κ3) is 6.39. The Hall–Kier alpha value is -3.72. The van der Waals surface area contributed by atoms with Crippen molar-refractivity contribution in [1.82, 2.24) is 15.1 Å². The number of primary amides is 1. The summed E-state index contributed by atoms with van der Waals surface area (Å²) in [5.41, 5.74) is 8.55. The van der Waals surface area contributed by atoms with Crippen LogP contribution in [0.5, 0.6) is 0 Å². The van der Waals surface area contributed by atoms with Crippen LogP contribution in [-0.2, 0) is 25.6 Å². The Kier molecular flexibility index (Phi) is 8.78. The van der Waals surface area contributed by atoms with E-state index in [-0.39, 0.29) is 31.2 Å². The zero-order valence-electron chi connectivity index (χ0n) is 21.7. The molecule has 0 unspecified atom stereocenters. The van der Waals surface area contributed by atoms with Crippen LogP contribution in [0.25, 0.3) is 11.1 Å². The number of aliphatic hydroxyl groups is 1. The van der Waals surface area contributed by atoms with Gasteiger partial charge in [-0.2, -0.15) is 0 Å². The molecule has 2 fully saturated rings. The lowest BCUT2D eigenvalue weighted by Crippen LogP contribution is -2.56. The Morgan fingerprint density at radius 1 is 0.947 bits per heavy atom. The molecule has 4 rings (SSSR count). The minimum absolute atomic E-state index is 0.00134. The average molecular weight is 521 g/mol. The van der Waals surface area contributed by atoms with E-state index >= 15 is 0 Å². The van der Waals surface area contributed by atoms with E-state index in [1.807, 2.05) is 54.6 Å². The Morgan fingerprint density at radius 2 is 1.63 bits per heavy atom. The highest BCUT2D eigenvalue weighted by Gasteiger charge is 2.43. The molecule has 0 spiro atoms. The first-order valence-corrected chi connectivity index (χ1v) is 13.2. The lowest BCUT2D eigenvalue weighted by molar-refractivity contribution is -0.148. The van der Waals surface area contributed by atoms with Gasteiger partial charge in [-0.3, -0.25) is 19.2 Å². The lowest BCUT2D eigenvalue weighted by Gasteiger charge is -2.33.